The number of ether oxygens (including phenoxy) is 2. The van der Waals surface area contributed by atoms with Gasteiger partial charge in [-0.25, -0.2) is 4.79 Å². The van der Waals surface area contributed by atoms with E-state index >= 15 is 0 Å². The van der Waals surface area contributed by atoms with Gasteiger partial charge in [0.1, 0.15) is 0 Å². The zero-order chi connectivity index (χ0) is 19.6. The van der Waals surface area contributed by atoms with Crippen molar-refractivity contribution in [3.8, 4) is 0 Å². The molecule has 0 aromatic heterocycles. The lowest BCUT2D eigenvalue weighted by molar-refractivity contribution is -0.136. The number of carbonyl (C=O) groups excluding carboxylic acids is 2. The molecule has 6 heteroatoms. The smallest absolute Gasteiger partial charge is 0.340 e. The summed E-state index contributed by atoms with van der Waals surface area (Å²) in [7, 11) is 5.27. The molecule has 1 saturated heterocycles. The topological polar surface area (TPSA) is 59.1 Å². The van der Waals surface area contributed by atoms with Crippen molar-refractivity contribution in [1.29, 1.82) is 0 Å². The van der Waals surface area contributed by atoms with Gasteiger partial charge >= 0.3 is 5.97 Å². The number of rotatable bonds is 5. The predicted molar refractivity (Wildman–Crippen MR) is 104 cm³/mol. The molecule has 0 bridgehead atoms. The van der Waals surface area contributed by atoms with E-state index in [4.69, 9.17) is 9.47 Å². The Morgan fingerprint density at radius 3 is 2.59 bits per heavy atom. The van der Waals surface area contributed by atoms with Crippen molar-refractivity contribution in [1.82, 2.24) is 4.90 Å². The van der Waals surface area contributed by atoms with Crippen LogP contribution in [-0.2, 0) is 19.1 Å². The van der Waals surface area contributed by atoms with Gasteiger partial charge in [0, 0.05) is 32.1 Å². The number of nitrogens with zero attached hydrogens (tertiary/aromatic N) is 2. The van der Waals surface area contributed by atoms with Gasteiger partial charge in [-0.1, -0.05) is 12.1 Å². The minimum absolute atomic E-state index is 0.0153. The molecule has 0 saturated carbocycles. The van der Waals surface area contributed by atoms with Crippen molar-refractivity contribution >= 4 is 23.6 Å². The van der Waals surface area contributed by atoms with Crippen LogP contribution in [0.15, 0.2) is 41.1 Å². The number of carbonyl (C=O) groups is 2. The van der Waals surface area contributed by atoms with Crippen LogP contribution in [0.2, 0.25) is 0 Å². The molecule has 3 rings (SSSR count). The van der Waals surface area contributed by atoms with E-state index in [0.29, 0.717) is 23.4 Å². The molecule has 0 radical (unpaired) electrons. The molecular weight excluding hydrogens is 344 g/mol. The molecule has 2 heterocycles. The van der Waals surface area contributed by atoms with Crippen molar-refractivity contribution in [2.24, 2.45) is 0 Å². The normalized spacial score (nSPS) is 21.3. The Hall–Kier alpha value is -2.60. The molecule has 6 nitrogen and oxygen atoms in total. The molecule has 1 unspecified atom stereocenters. The summed E-state index contributed by atoms with van der Waals surface area (Å²) >= 11 is 0. The van der Waals surface area contributed by atoms with Crippen LogP contribution in [0.3, 0.4) is 0 Å². The van der Waals surface area contributed by atoms with Gasteiger partial charge in [0.25, 0.3) is 5.91 Å². The Kier molecular flexibility index (Phi) is 5.65. The lowest BCUT2D eigenvalue weighted by Gasteiger charge is -2.21. The van der Waals surface area contributed by atoms with E-state index in [-0.39, 0.29) is 12.0 Å². The fraction of sp³-hybridized carbons (Fsp3) is 0.429. The largest absolute Gasteiger partial charge is 0.465 e. The third kappa shape index (κ3) is 3.90. The minimum atomic E-state index is -0.494. The van der Waals surface area contributed by atoms with Crippen molar-refractivity contribution in [3.05, 3.63) is 46.7 Å². The Balaban J connectivity index is 1.94. The Morgan fingerprint density at radius 1 is 1.33 bits per heavy atom. The summed E-state index contributed by atoms with van der Waals surface area (Å²) in [6, 6.07) is 7.82. The number of benzene rings is 1. The van der Waals surface area contributed by atoms with Crippen molar-refractivity contribution < 1.29 is 19.1 Å². The molecule has 1 aromatic rings. The van der Waals surface area contributed by atoms with E-state index in [1.807, 2.05) is 43.3 Å². The average molecular weight is 370 g/mol. The average Bonchev–Trinajstić information content (AvgIpc) is 3.25. The highest BCUT2D eigenvalue weighted by molar-refractivity contribution is 6.16. The van der Waals surface area contributed by atoms with Crippen molar-refractivity contribution in [2.45, 2.75) is 25.9 Å². The van der Waals surface area contributed by atoms with E-state index in [0.717, 1.165) is 30.7 Å². The van der Waals surface area contributed by atoms with Gasteiger partial charge in [-0.3, -0.25) is 4.79 Å². The highest BCUT2D eigenvalue weighted by Gasteiger charge is 2.38. The second kappa shape index (κ2) is 7.96. The SMILES string of the molecule is COC(=O)C1=C(C)N(CC2CCCO2)C(=O)/C1=C\c1ccc(N(C)C)cc1. The summed E-state index contributed by atoms with van der Waals surface area (Å²) in [5.74, 6) is -0.674. The van der Waals surface area contributed by atoms with Crippen LogP contribution < -0.4 is 4.90 Å². The van der Waals surface area contributed by atoms with Gasteiger partial charge in [0.15, 0.2) is 0 Å². The zero-order valence-corrected chi connectivity index (χ0v) is 16.3. The summed E-state index contributed by atoms with van der Waals surface area (Å²) in [6.45, 7) is 2.97. The second-order valence-corrected chi connectivity index (χ2v) is 7.05. The van der Waals surface area contributed by atoms with Crippen LogP contribution in [-0.4, -0.2) is 57.2 Å². The van der Waals surface area contributed by atoms with Crippen LogP contribution in [0, 0.1) is 0 Å². The lowest BCUT2D eigenvalue weighted by atomic mass is 10.0. The van der Waals surface area contributed by atoms with E-state index in [1.165, 1.54) is 7.11 Å². The van der Waals surface area contributed by atoms with E-state index < -0.39 is 5.97 Å². The summed E-state index contributed by atoms with van der Waals surface area (Å²) in [5.41, 5.74) is 3.25. The van der Waals surface area contributed by atoms with Gasteiger partial charge in [0.2, 0.25) is 0 Å². The number of hydrogen-bond donors (Lipinski definition) is 0. The van der Waals surface area contributed by atoms with Gasteiger partial charge in [0.05, 0.1) is 30.9 Å². The first-order chi connectivity index (χ1) is 12.9. The standard InChI is InChI=1S/C21H26N2O4/c1-14-19(21(25)26-4)18(12-15-7-9-16(10-8-15)22(2)3)20(24)23(14)13-17-6-5-11-27-17/h7-10,12,17H,5-6,11,13H2,1-4H3/b18-12-. The summed E-state index contributed by atoms with van der Waals surface area (Å²) in [5, 5.41) is 0. The second-order valence-electron chi connectivity index (χ2n) is 7.05. The molecule has 1 aromatic carbocycles. The molecule has 27 heavy (non-hydrogen) atoms. The highest BCUT2D eigenvalue weighted by atomic mass is 16.5. The summed E-state index contributed by atoms with van der Waals surface area (Å²) < 4.78 is 10.6. The van der Waals surface area contributed by atoms with Crippen LogP contribution in [0.5, 0.6) is 0 Å². The maximum absolute atomic E-state index is 13.1. The van der Waals surface area contributed by atoms with E-state index in [1.54, 1.807) is 17.9 Å². The number of esters is 1. The van der Waals surface area contributed by atoms with E-state index in [9.17, 15) is 9.59 Å². The minimum Gasteiger partial charge on any atom is -0.465 e. The highest BCUT2D eigenvalue weighted by Crippen LogP contribution is 2.33. The fourth-order valence-corrected chi connectivity index (χ4v) is 3.48. The Morgan fingerprint density at radius 2 is 2.04 bits per heavy atom. The molecule has 144 valence electrons. The first-order valence-corrected chi connectivity index (χ1v) is 9.14. The van der Waals surface area contributed by atoms with Crippen LogP contribution in [0.1, 0.15) is 25.3 Å². The Bertz CT molecular complexity index is 787. The molecule has 0 aliphatic carbocycles. The third-order valence-corrected chi connectivity index (χ3v) is 5.03. The number of hydrogen-bond acceptors (Lipinski definition) is 5. The summed E-state index contributed by atoms with van der Waals surface area (Å²) in [4.78, 5) is 29.1. The summed E-state index contributed by atoms with van der Waals surface area (Å²) in [6.07, 6.45) is 3.70. The van der Waals surface area contributed by atoms with Crippen LogP contribution in [0.25, 0.3) is 6.08 Å². The van der Waals surface area contributed by atoms with Crippen LogP contribution in [0.4, 0.5) is 5.69 Å². The van der Waals surface area contributed by atoms with Crippen molar-refractivity contribution in [2.75, 3.05) is 39.3 Å². The monoisotopic (exact) mass is 370 g/mol. The molecule has 0 N–H and O–H groups in total. The van der Waals surface area contributed by atoms with Gasteiger partial charge in [-0.2, -0.15) is 0 Å². The molecule has 2 aliphatic heterocycles. The first-order valence-electron chi connectivity index (χ1n) is 9.14. The molecule has 0 spiro atoms. The van der Waals surface area contributed by atoms with Crippen molar-refractivity contribution in [3.63, 3.8) is 0 Å². The molecular formula is C21H26N2O4. The maximum Gasteiger partial charge on any atom is 0.340 e. The first kappa shape index (κ1) is 19.2. The number of anilines is 1. The number of methoxy groups -OCH3 is 1. The molecule has 2 aliphatic rings. The number of allylic oxidation sites excluding steroid dienone is 1. The lowest BCUT2D eigenvalue weighted by Crippen LogP contribution is -2.33. The zero-order valence-electron chi connectivity index (χ0n) is 16.3. The van der Waals surface area contributed by atoms with Gasteiger partial charge in [-0.05, 0) is 43.5 Å². The molecule has 1 amide bonds. The Labute approximate surface area is 160 Å². The quantitative estimate of drug-likeness (QED) is 0.589. The third-order valence-electron chi connectivity index (χ3n) is 5.03. The van der Waals surface area contributed by atoms with Gasteiger partial charge in [-0.15, -0.1) is 0 Å². The van der Waals surface area contributed by atoms with Gasteiger partial charge < -0.3 is 19.3 Å². The van der Waals surface area contributed by atoms with E-state index in [2.05, 4.69) is 0 Å². The molecule has 1 fully saturated rings. The fourth-order valence-electron chi connectivity index (χ4n) is 3.48. The number of amides is 1. The van der Waals surface area contributed by atoms with Crippen LogP contribution >= 0.6 is 0 Å². The molecule has 1 atom stereocenters. The maximum atomic E-state index is 13.1. The predicted octanol–water partition coefficient (Wildman–Crippen LogP) is 2.60.